The molecule has 104 valence electrons. The van der Waals surface area contributed by atoms with Crippen molar-refractivity contribution in [3.63, 3.8) is 0 Å². The fraction of sp³-hybridized carbons (Fsp3) is 0.833. The van der Waals surface area contributed by atoms with Gasteiger partial charge < -0.3 is 20.1 Å². The molecule has 0 aromatic rings. The smallest absolute Gasteiger partial charge is 0.409 e. The van der Waals surface area contributed by atoms with Gasteiger partial charge in [0.15, 0.2) is 0 Å². The molecule has 1 rings (SSSR count). The number of aliphatic carboxylic acids is 1. The number of hydrogen-bond donors (Lipinski definition) is 2. The van der Waals surface area contributed by atoms with Gasteiger partial charge in [-0.25, -0.2) is 4.79 Å². The molecule has 0 spiro atoms. The van der Waals surface area contributed by atoms with Crippen LogP contribution in [0.2, 0.25) is 0 Å². The Labute approximate surface area is 107 Å². The average Bonchev–Trinajstić information content (AvgIpc) is 2.34. The van der Waals surface area contributed by atoms with E-state index in [1.165, 1.54) is 7.11 Å². The Bertz CT molecular complexity index is 296. The lowest BCUT2D eigenvalue weighted by Gasteiger charge is -2.36. The van der Waals surface area contributed by atoms with E-state index in [-0.39, 0.29) is 24.5 Å². The van der Waals surface area contributed by atoms with Gasteiger partial charge in [0.2, 0.25) is 0 Å². The van der Waals surface area contributed by atoms with Gasteiger partial charge in [-0.3, -0.25) is 4.79 Å². The number of rotatable bonds is 5. The summed E-state index contributed by atoms with van der Waals surface area (Å²) in [4.78, 5) is 23.9. The summed E-state index contributed by atoms with van der Waals surface area (Å²) in [5.74, 6) is -0.828. The molecule has 0 aromatic carbocycles. The highest BCUT2D eigenvalue weighted by atomic mass is 16.5. The number of carboxylic acids is 1. The molecule has 6 heteroatoms. The quantitative estimate of drug-likeness (QED) is 0.766. The van der Waals surface area contributed by atoms with E-state index in [2.05, 4.69) is 12.2 Å². The maximum absolute atomic E-state index is 11.5. The minimum absolute atomic E-state index is 0.00953. The normalized spacial score (nSPS) is 23.8. The Kier molecular flexibility index (Phi) is 5.91. The number of carboxylic acid groups (broad SMARTS) is 1. The predicted molar refractivity (Wildman–Crippen MR) is 66.4 cm³/mol. The van der Waals surface area contributed by atoms with Crippen LogP contribution in [0.5, 0.6) is 0 Å². The highest BCUT2D eigenvalue weighted by Gasteiger charge is 2.31. The van der Waals surface area contributed by atoms with Crippen LogP contribution in [0.3, 0.4) is 0 Å². The molecular formula is C12H22N2O4. The van der Waals surface area contributed by atoms with Gasteiger partial charge in [-0.15, -0.1) is 0 Å². The lowest BCUT2D eigenvalue weighted by Crippen LogP contribution is -2.51. The van der Waals surface area contributed by atoms with E-state index >= 15 is 0 Å². The summed E-state index contributed by atoms with van der Waals surface area (Å²) >= 11 is 0. The van der Waals surface area contributed by atoms with Crippen LogP contribution < -0.4 is 5.32 Å². The van der Waals surface area contributed by atoms with Crippen molar-refractivity contribution >= 4 is 12.1 Å². The molecule has 0 aliphatic carbocycles. The van der Waals surface area contributed by atoms with Gasteiger partial charge in [0.25, 0.3) is 0 Å². The van der Waals surface area contributed by atoms with E-state index < -0.39 is 5.97 Å². The lowest BCUT2D eigenvalue weighted by molar-refractivity contribution is -0.138. The monoisotopic (exact) mass is 258 g/mol. The molecule has 1 heterocycles. The molecule has 1 saturated heterocycles. The third-order valence-electron chi connectivity index (χ3n) is 3.12. The molecule has 2 unspecified atom stereocenters. The number of ether oxygens (including phenoxy) is 1. The molecular weight excluding hydrogens is 236 g/mol. The van der Waals surface area contributed by atoms with Crippen LogP contribution in [0.1, 0.15) is 26.2 Å². The Hall–Kier alpha value is -1.30. The van der Waals surface area contributed by atoms with Crippen molar-refractivity contribution in [2.24, 2.45) is 5.92 Å². The Morgan fingerprint density at radius 2 is 2.17 bits per heavy atom. The second-order valence-electron chi connectivity index (χ2n) is 4.73. The first-order valence-electron chi connectivity index (χ1n) is 6.34. The standard InChI is InChI=1S/C12H22N2O4/c1-3-4-13-10-5-9(6-11(15)16)7-14(8-10)12(17)18-2/h9-10,13H,3-8H2,1-2H3,(H,15,16). The number of nitrogens with zero attached hydrogens (tertiary/aromatic N) is 1. The molecule has 0 aromatic heterocycles. The minimum Gasteiger partial charge on any atom is -0.481 e. The molecule has 1 aliphatic heterocycles. The third-order valence-corrected chi connectivity index (χ3v) is 3.12. The number of nitrogens with one attached hydrogen (secondary N) is 1. The van der Waals surface area contributed by atoms with Crippen LogP contribution in [-0.2, 0) is 9.53 Å². The zero-order chi connectivity index (χ0) is 13.5. The fourth-order valence-electron chi connectivity index (χ4n) is 2.37. The highest BCUT2D eigenvalue weighted by molar-refractivity contribution is 5.69. The van der Waals surface area contributed by atoms with Crippen molar-refractivity contribution in [3.8, 4) is 0 Å². The summed E-state index contributed by atoms with van der Waals surface area (Å²) in [6.45, 7) is 3.99. The second kappa shape index (κ2) is 7.20. The van der Waals surface area contributed by atoms with Crippen molar-refractivity contribution in [2.45, 2.75) is 32.2 Å². The van der Waals surface area contributed by atoms with E-state index in [4.69, 9.17) is 9.84 Å². The topological polar surface area (TPSA) is 78.9 Å². The maximum Gasteiger partial charge on any atom is 0.409 e. The summed E-state index contributed by atoms with van der Waals surface area (Å²) in [5, 5.41) is 12.2. The van der Waals surface area contributed by atoms with Crippen LogP contribution in [0.4, 0.5) is 4.79 Å². The molecule has 2 N–H and O–H groups in total. The fourth-order valence-corrected chi connectivity index (χ4v) is 2.37. The van der Waals surface area contributed by atoms with Gasteiger partial charge in [-0.1, -0.05) is 6.92 Å². The molecule has 0 saturated carbocycles. The van der Waals surface area contributed by atoms with Crippen molar-refractivity contribution in [2.75, 3.05) is 26.7 Å². The summed E-state index contributed by atoms with van der Waals surface area (Å²) < 4.78 is 4.71. The summed E-state index contributed by atoms with van der Waals surface area (Å²) in [7, 11) is 1.34. The Morgan fingerprint density at radius 1 is 1.44 bits per heavy atom. The van der Waals surface area contributed by atoms with Crippen molar-refractivity contribution in [3.05, 3.63) is 0 Å². The van der Waals surface area contributed by atoms with Crippen LogP contribution in [-0.4, -0.2) is 54.9 Å². The molecule has 2 atom stereocenters. The number of amides is 1. The van der Waals surface area contributed by atoms with Gasteiger partial charge in [-0.05, 0) is 25.3 Å². The van der Waals surface area contributed by atoms with Gasteiger partial charge in [0.05, 0.1) is 7.11 Å². The first-order chi connectivity index (χ1) is 8.56. The maximum atomic E-state index is 11.5. The molecule has 1 amide bonds. The Balaban J connectivity index is 2.59. The zero-order valence-electron chi connectivity index (χ0n) is 11.0. The van der Waals surface area contributed by atoms with Gasteiger partial charge >= 0.3 is 12.1 Å². The lowest BCUT2D eigenvalue weighted by atomic mass is 9.91. The average molecular weight is 258 g/mol. The highest BCUT2D eigenvalue weighted by Crippen LogP contribution is 2.20. The van der Waals surface area contributed by atoms with Gasteiger partial charge in [0, 0.05) is 25.6 Å². The van der Waals surface area contributed by atoms with Crippen LogP contribution in [0, 0.1) is 5.92 Å². The van der Waals surface area contributed by atoms with Crippen LogP contribution >= 0.6 is 0 Å². The summed E-state index contributed by atoms with van der Waals surface area (Å²) in [6.07, 6.45) is 1.52. The summed E-state index contributed by atoms with van der Waals surface area (Å²) in [5.41, 5.74) is 0. The molecule has 1 fully saturated rings. The van der Waals surface area contributed by atoms with Crippen molar-refractivity contribution in [1.29, 1.82) is 0 Å². The van der Waals surface area contributed by atoms with Crippen LogP contribution in [0.25, 0.3) is 0 Å². The largest absolute Gasteiger partial charge is 0.481 e. The third kappa shape index (κ3) is 4.52. The van der Waals surface area contributed by atoms with E-state index in [9.17, 15) is 9.59 Å². The number of carbonyl (C=O) groups excluding carboxylic acids is 1. The first-order valence-corrected chi connectivity index (χ1v) is 6.34. The number of methoxy groups -OCH3 is 1. The van der Waals surface area contributed by atoms with Crippen LogP contribution in [0.15, 0.2) is 0 Å². The summed E-state index contributed by atoms with van der Waals surface area (Å²) in [6, 6.07) is 0.155. The van der Waals surface area contributed by atoms with Gasteiger partial charge in [0.1, 0.15) is 0 Å². The van der Waals surface area contributed by atoms with Gasteiger partial charge in [-0.2, -0.15) is 0 Å². The predicted octanol–water partition coefficient (Wildman–Crippen LogP) is 0.918. The van der Waals surface area contributed by atoms with E-state index in [1.54, 1.807) is 4.90 Å². The minimum atomic E-state index is -0.819. The molecule has 0 bridgehead atoms. The van der Waals surface area contributed by atoms with Crippen molar-refractivity contribution in [1.82, 2.24) is 10.2 Å². The van der Waals surface area contributed by atoms with E-state index in [0.29, 0.717) is 13.1 Å². The molecule has 0 radical (unpaired) electrons. The molecule has 18 heavy (non-hydrogen) atoms. The number of hydrogen-bond acceptors (Lipinski definition) is 4. The Morgan fingerprint density at radius 3 is 2.72 bits per heavy atom. The number of piperidine rings is 1. The first kappa shape index (κ1) is 14.8. The molecule has 1 aliphatic rings. The number of likely N-dealkylation sites (tertiary alicyclic amines) is 1. The molecule has 6 nitrogen and oxygen atoms in total. The van der Waals surface area contributed by atoms with E-state index in [0.717, 1.165) is 19.4 Å². The second-order valence-corrected chi connectivity index (χ2v) is 4.73. The number of carbonyl (C=O) groups is 2. The zero-order valence-corrected chi connectivity index (χ0v) is 11.0. The van der Waals surface area contributed by atoms with E-state index in [1.807, 2.05) is 0 Å². The SMILES string of the molecule is CCCNC1CC(CC(=O)O)CN(C(=O)OC)C1. The van der Waals surface area contributed by atoms with Crippen molar-refractivity contribution < 1.29 is 19.4 Å².